The molecule has 1 aromatic carbocycles. The van der Waals surface area contributed by atoms with Crippen molar-refractivity contribution < 1.29 is 0 Å². The predicted octanol–water partition coefficient (Wildman–Crippen LogP) is 4.89. The zero-order chi connectivity index (χ0) is 10.8. The summed E-state index contributed by atoms with van der Waals surface area (Å²) in [4.78, 5) is 1.40. The lowest BCUT2D eigenvalue weighted by Crippen LogP contribution is -1.84. The molecule has 0 spiro atoms. The van der Waals surface area contributed by atoms with E-state index >= 15 is 0 Å². The van der Waals surface area contributed by atoms with Crippen molar-refractivity contribution in [3.05, 3.63) is 41.3 Å². The number of fused-ring (bicyclic) bond motifs is 1. The van der Waals surface area contributed by atoms with Crippen LogP contribution < -0.4 is 0 Å². The standard InChI is InChI=1S/C14H16S/c1-4-10(3)14-11(5-2)12-8-6-7-9-13(12)15-14/h6-9H,3-5H2,1-2H3. The second-order valence-electron chi connectivity index (χ2n) is 3.72. The number of benzene rings is 1. The van der Waals surface area contributed by atoms with Crippen molar-refractivity contribution in [1.82, 2.24) is 0 Å². The van der Waals surface area contributed by atoms with E-state index in [1.165, 1.54) is 26.1 Å². The van der Waals surface area contributed by atoms with Gasteiger partial charge in [-0.15, -0.1) is 11.3 Å². The van der Waals surface area contributed by atoms with Gasteiger partial charge in [0.05, 0.1) is 0 Å². The van der Waals surface area contributed by atoms with E-state index in [9.17, 15) is 0 Å². The summed E-state index contributed by atoms with van der Waals surface area (Å²) in [7, 11) is 0. The van der Waals surface area contributed by atoms with E-state index in [4.69, 9.17) is 0 Å². The van der Waals surface area contributed by atoms with Crippen LogP contribution in [0, 0.1) is 0 Å². The van der Waals surface area contributed by atoms with Crippen molar-refractivity contribution in [2.24, 2.45) is 0 Å². The normalized spacial score (nSPS) is 10.8. The van der Waals surface area contributed by atoms with E-state index in [1.54, 1.807) is 0 Å². The molecule has 0 saturated carbocycles. The summed E-state index contributed by atoms with van der Waals surface area (Å²) in [5, 5.41) is 1.41. The van der Waals surface area contributed by atoms with E-state index < -0.39 is 0 Å². The molecule has 15 heavy (non-hydrogen) atoms. The Morgan fingerprint density at radius 1 is 1.27 bits per heavy atom. The summed E-state index contributed by atoms with van der Waals surface area (Å²) < 4.78 is 1.39. The first kappa shape index (κ1) is 10.4. The van der Waals surface area contributed by atoms with Gasteiger partial charge in [-0.1, -0.05) is 38.6 Å². The largest absolute Gasteiger partial charge is 0.135 e. The topological polar surface area (TPSA) is 0 Å². The zero-order valence-corrected chi connectivity index (χ0v) is 10.2. The fraction of sp³-hybridized carbons (Fsp3) is 0.286. The Kier molecular flexibility index (Phi) is 2.92. The number of thiophene rings is 1. The second kappa shape index (κ2) is 4.19. The van der Waals surface area contributed by atoms with Crippen LogP contribution in [0.3, 0.4) is 0 Å². The lowest BCUT2D eigenvalue weighted by molar-refractivity contribution is 1.15. The van der Waals surface area contributed by atoms with Crippen molar-refractivity contribution in [3.8, 4) is 0 Å². The van der Waals surface area contributed by atoms with Gasteiger partial charge in [-0.25, -0.2) is 0 Å². The van der Waals surface area contributed by atoms with Gasteiger partial charge in [0.15, 0.2) is 0 Å². The van der Waals surface area contributed by atoms with E-state index in [-0.39, 0.29) is 0 Å². The molecule has 1 heteroatoms. The van der Waals surface area contributed by atoms with E-state index in [0.29, 0.717) is 0 Å². The smallest absolute Gasteiger partial charge is 0.0352 e. The molecule has 0 amide bonds. The average Bonchev–Trinajstić information content (AvgIpc) is 2.66. The van der Waals surface area contributed by atoms with Crippen molar-refractivity contribution in [3.63, 3.8) is 0 Å². The van der Waals surface area contributed by atoms with Gasteiger partial charge in [0.2, 0.25) is 0 Å². The van der Waals surface area contributed by atoms with Gasteiger partial charge in [0.25, 0.3) is 0 Å². The molecule has 0 aliphatic carbocycles. The number of allylic oxidation sites excluding steroid dienone is 1. The fourth-order valence-electron chi connectivity index (χ4n) is 1.90. The third kappa shape index (κ3) is 1.72. The van der Waals surface area contributed by atoms with Gasteiger partial charge < -0.3 is 0 Å². The maximum absolute atomic E-state index is 4.16. The van der Waals surface area contributed by atoms with Gasteiger partial charge >= 0.3 is 0 Å². The Balaban J connectivity index is 2.69. The van der Waals surface area contributed by atoms with Gasteiger partial charge in [-0.05, 0) is 35.4 Å². The van der Waals surface area contributed by atoms with E-state index in [0.717, 1.165) is 12.8 Å². The molecule has 2 aromatic rings. The first-order valence-corrected chi connectivity index (χ1v) is 6.28. The molecule has 1 heterocycles. The molecule has 0 atom stereocenters. The molecule has 0 N–H and O–H groups in total. The van der Waals surface area contributed by atoms with Crippen LogP contribution in [0.5, 0.6) is 0 Å². The van der Waals surface area contributed by atoms with Crippen LogP contribution in [0.4, 0.5) is 0 Å². The summed E-state index contributed by atoms with van der Waals surface area (Å²) in [5.41, 5.74) is 2.75. The third-order valence-electron chi connectivity index (χ3n) is 2.80. The summed E-state index contributed by atoms with van der Waals surface area (Å²) >= 11 is 1.88. The van der Waals surface area contributed by atoms with E-state index in [2.05, 4.69) is 44.7 Å². The molecule has 0 aliphatic rings. The average molecular weight is 216 g/mol. The summed E-state index contributed by atoms with van der Waals surface area (Å²) in [5.74, 6) is 0. The fourth-order valence-corrected chi connectivity index (χ4v) is 3.23. The second-order valence-corrected chi connectivity index (χ2v) is 4.77. The van der Waals surface area contributed by atoms with Gasteiger partial charge in [-0.3, -0.25) is 0 Å². The molecule has 0 aliphatic heterocycles. The Bertz CT molecular complexity index is 491. The first-order valence-electron chi connectivity index (χ1n) is 5.46. The minimum atomic E-state index is 1.04. The zero-order valence-electron chi connectivity index (χ0n) is 9.34. The molecule has 0 unspecified atom stereocenters. The lowest BCUT2D eigenvalue weighted by atomic mass is 10.0. The SMILES string of the molecule is C=C(CC)c1sc2ccccc2c1CC. The van der Waals surface area contributed by atoms with Gasteiger partial charge in [-0.2, -0.15) is 0 Å². The molecule has 2 rings (SSSR count). The maximum Gasteiger partial charge on any atom is 0.0352 e. The highest BCUT2D eigenvalue weighted by molar-refractivity contribution is 7.20. The highest BCUT2D eigenvalue weighted by atomic mass is 32.1. The highest BCUT2D eigenvalue weighted by Gasteiger charge is 2.11. The molecule has 1 aromatic heterocycles. The van der Waals surface area contributed by atoms with E-state index in [1.807, 2.05) is 11.3 Å². The van der Waals surface area contributed by atoms with Gasteiger partial charge in [0.1, 0.15) is 0 Å². The Morgan fingerprint density at radius 2 is 2.00 bits per heavy atom. The Labute approximate surface area is 95.3 Å². The molecular weight excluding hydrogens is 200 g/mol. The molecule has 0 nitrogen and oxygen atoms in total. The molecule has 0 bridgehead atoms. The number of rotatable bonds is 3. The van der Waals surface area contributed by atoms with Crippen LogP contribution in [0.25, 0.3) is 15.7 Å². The lowest BCUT2D eigenvalue weighted by Gasteiger charge is -2.02. The summed E-state index contributed by atoms with van der Waals surface area (Å²) in [6.45, 7) is 8.55. The highest BCUT2D eigenvalue weighted by Crippen LogP contribution is 2.36. The van der Waals surface area contributed by atoms with Crippen molar-refractivity contribution in [2.45, 2.75) is 26.7 Å². The minimum Gasteiger partial charge on any atom is -0.135 e. The van der Waals surface area contributed by atoms with Crippen molar-refractivity contribution in [2.75, 3.05) is 0 Å². The number of aryl methyl sites for hydroxylation is 1. The van der Waals surface area contributed by atoms with Gasteiger partial charge in [0, 0.05) is 9.58 Å². The van der Waals surface area contributed by atoms with Crippen LogP contribution >= 0.6 is 11.3 Å². The molecular formula is C14H16S. The van der Waals surface area contributed by atoms with Crippen LogP contribution in [-0.2, 0) is 6.42 Å². The molecule has 0 radical (unpaired) electrons. The van der Waals surface area contributed by atoms with Crippen LogP contribution in [0.2, 0.25) is 0 Å². The van der Waals surface area contributed by atoms with Crippen molar-refractivity contribution >= 4 is 27.0 Å². The molecule has 78 valence electrons. The molecule has 0 fully saturated rings. The maximum atomic E-state index is 4.16. The quantitative estimate of drug-likeness (QED) is 0.685. The minimum absolute atomic E-state index is 1.04. The van der Waals surface area contributed by atoms with Crippen LogP contribution in [0.15, 0.2) is 30.8 Å². The van der Waals surface area contributed by atoms with Crippen molar-refractivity contribution in [1.29, 1.82) is 0 Å². The summed E-state index contributed by atoms with van der Waals surface area (Å²) in [6.07, 6.45) is 2.14. The van der Waals surface area contributed by atoms with Crippen LogP contribution in [-0.4, -0.2) is 0 Å². The first-order chi connectivity index (χ1) is 7.27. The number of hydrogen-bond acceptors (Lipinski definition) is 1. The number of hydrogen-bond donors (Lipinski definition) is 0. The monoisotopic (exact) mass is 216 g/mol. The third-order valence-corrected chi connectivity index (χ3v) is 4.11. The Morgan fingerprint density at radius 3 is 2.67 bits per heavy atom. The summed E-state index contributed by atoms with van der Waals surface area (Å²) in [6, 6.07) is 8.65. The van der Waals surface area contributed by atoms with Crippen LogP contribution in [0.1, 0.15) is 30.7 Å². The Hall–Kier alpha value is -1.08. The molecule has 0 saturated heterocycles. The predicted molar refractivity (Wildman–Crippen MR) is 70.5 cm³/mol.